The average molecular weight is 971 g/mol. The number of hydrogen-bond donors (Lipinski definition) is 0. The van der Waals surface area contributed by atoms with Crippen molar-refractivity contribution in [1.82, 2.24) is 19.9 Å². The quantitative estimate of drug-likeness (QED) is 0.122. The Morgan fingerprint density at radius 1 is 0.418 bits per heavy atom. The van der Waals surface area contributed by atoms with E-state index >= 15 is 0 Å². The number of aromatic nitrogens is 4. The molecule has 340 valence electrons. The number of rotatable bonds is 6. The molecule has 0 amide bonds. The van der Waals surface area contributed by atoms with Crippen LogP contribution in [0.4, 0.5) is 0 Å². The Morgan fingerprint density at radius 3 is 0.910 bits per heavy atom. The van der Waals surface area contributed by atoms with E-state index in [0.29, 0.717) is 6.61 Å². The molecule has 2 aliphatic rings. The van der Waals surface area contributed by atoms with Crippen molar-refractivity contribution in [3.63, 3.8) is 0 Å². The van der Waals surface area contributed by atoms with E-state index in [4.69, 9.17) is 19.9 Å². The molecule has 7 heteroatoms. The van der Waals surface area contributed by atoms with E-state index in [-0.39, 0.29) is 19.5 Å². The smallest absolute Gasteiger partial charge is 0.657 e. The van der Waals surface area contributed by atoms with Gasteiger partial charge in [-0.15, -0.1) is 22.1 Å². The Bertz CT molecular complexity index is 3130. The van der Waals surface area contributed by atoms with Gasteiger partial charge in [0.05, 0.1) is 22.8 Å². The molecular formula is C60H59N4O2Rh. The van der Waals surface area contributed by atoms with Crippen LogP contribution < -0.4 is 15.1 Å². The van der Waals surface area contributed by atoms with Crippen LogP contribution in [-0.2, 0) is 24.2 Å². The number of hydrogen-bond acceptors (Lipinski definition) is 4. The number of fused-ring (bicyclic) bond motifs is 8. The van der Waals surface area contributed by atoms with Crippen molar-refractivity contribution in [2.24, 2.45) is 0 Å². The Kier molecular flexibility index (Phi) is 14.0. The van der Waals surface area contributed by atoms with Gasteiger partial charge in [0.15, 0.2) is 0 Å². The van der Waals surface area contributed by atoms with Crippen molar-refractivity contribution >= 4 is 46.4 Å². The Morgan fingerprint density at radius 2 is 0.657 bits per heavy atom. The minimum atomic E-state index is -0.461. The predicted octanol–water partition coefficient (Wildman–Crippen LogP) is 14.1. The second-order valence-corrected chi connectivity index (χ2v) is 18.3. The van der Waals surface area contributed by atoms with Gasteiger partial charge >= 0.3 is 19.5 Å². The van der Waals surface area contributed by atoms with Crippen molar-refractivity contribution in [3.05, 3.63) is 175 Å². The summed E-state index contributed by atoms with van der Waals surface area (Å²) >= 11 is 0. The minimum Gasteiger partial charge on any atom is -0.657 e. The Balaban J connectivity index is 0.000000894. The summed E-state index contributed by atoms with van der Waals surface area (Å²) in [6, 6.07) is 26.9. The largest absolute Gasteiger partial charge is 3.00 e. The second-order valence-electron chi connectivity index (χ2n) is 18.3. The van der Waals surface area contributed by atoms with Crippen molar-refractivity contribution in [2.75, 3.05) is 6.61 Å². The molecule has 4 aromatic carbocycles. The monoisotopic (exact) mass is 970 g/mol. The third kappa shape index (κ3) is 9.40. The summed E-state index contributed by atoms with van der Waals surface area (Å²) in [6.07, 6.45) is 8.72. The molecule has 2 aliphatic heterocycles. The first-order chi connectivity index (χ1) is 31.4. The van der Waals surface area contributed by atoms with Gasteiger partial charge in [-0.2, -0.15) is 0 Å². The fourth-order valence-corrected chi connectivity index (χ4v) is 10.6. The van der Waals surface area contributed by atoms with Crippen LogP contribution in [0.5, 0.6) is 0 Å². The van der Waals surface area contributed by atoms with Gasteiger partial charge < -0.3 is 19.8 Å². The summed E-state index contributed by atoms with van der Waals surface area (Å²) in [6.45, 7) is 31.4. The first-order valence-corrected chi connectivity index (χ1v) is 22.8. The topological polar surface area (TPSA) is 86.3 Å². The maximum atomic E-state index is 9.71. The van der Waals surface area contributed by atoms with Crippen LogP contribution in [0.1, 0.15) is 96.5 Å². The Labute approximate surface area is 409 Å². The van der Waals surface area contributed by atoms with Gasteiger partial charge in [-0.1, -0.05) is 109 Å². The molecule has 7 aromatic rings. The fraction of sp³-hybridized carbons (Fsp3) is 0.233. The molecule has 0 fully saturated rings. The van der Waals surface area contributed by atoms with Crippen LogP contribution in [0.25, 0.3) is 90.9 Å². The Hall–Kier alpha value is -6.56. The first-order valence-electron chi connectivity index (χ1n) is 22.8. The van der Waals surface area contributed by atoms with E-state index in [1.54, 1.807) is 6.92 Å². The average Bonchev–Trinajstić information content (AvgIpc) is 4.06. The molecule has 6 nitrogen and oxygen atoms in total. The molecule has 0 unspecified atom stereocenters. The van der Waals surface area contributed by atoms with E-state index in [1.807, 2.05) is 0 Å². The van der Waals surface area contributed by atoms with Crippen molar-refractivity contribution in [3.8, 4) is 44.5 Å². The van der Waals surface area contributed by atoms with Gasteiger partial charge in [0.2, 0.25) is 0 Å². The van der Waals surface area contributed by atoms with Gasteiger partial charge in [-0.25, -0.2) is 9.97 Å². The van der Waals surface area contributed by atoms with E-state index in [2.05, 4.69) is 192 Å². The zero-order valence-corrected chi connectivity index (χ0v) is 42.7. The van der Waals surface area contributed by atoms with Gasteiger partial charge in [-0.3, -0.25) is 0 Å². The number of aryl methyl sites for hydroxylation is 12. The molecule has 8 bridgehead atoms. The summed E-state index contributed by atoms with van der Waals surface area (Å²) in [7, 11) is 0. The number of nitrogens with zero attached hydrogens (tertiary/aromatic N) is 4. The zero-order valence-electron chi connectivity index (χ0n) is 41.1. The third-order valence-corrected chi connectivity index (χ3v) is 12.6. The van der Waals surface area contributed by atoms with Crippen LogP contribution in [0, 0.1) is 83.1 Å². The molecule has 9 rings (SSSR count). The summed E-state index contributed by atoms with van der Waals surface area (Å²) in [4.78, 5) is 22.4. The SMILES string of the molecule is C=C([O-])OCC.Cc1cc(C)c(-c2c3nc(c(-c4c(C)cc(C)cc4C)c4ccc([n-]4)c(-c4c(C)cc(C)cc4C)c4ccc([n-]4)c(-c4c(C)cc(C)cc4C)c4nc2C=C4)C=C3)c(C)c1.[Rh+3]. The molecule has 0 saturated carbocycles. The molecule has 67 heavy (non-hydrogen) atoms. The third-order valence-electron chi connectivity index (χ3n) is 12.6. The maximum absolute atomic E-state index is 9.71. The molecular weight excluding hydrogens is 912 g/mol. The van der Waals surface area contributed by atoms with Crippen LogP contribution in [0.3, 0.4) is 0 Å². The number of ether oxygens (including phenoxy) is 1. The minimum absolute atomic E-state index is 0. The first kappa shape index (κ1) is 48.4. The summed E-state index contributed by atoms with van der Waals surface area (Å²) in [5.74, 6) is -0.461. The van der Waals surface area contributed by atoms with E-state index in [0.717, 1.165) is 89.4 Å². The van der Waals surface area contributed by atoms with Crippen molar-refractivity contribution in [1.29, 1.82) is 0 Å². The van der Waals surface area contributed by atoms with Gasteiger partial charge in [-0.05, 0) is 197 Å². The summed E-state index contributed by atoms with van der Waals surface area (Å²) < 4.78 is 4.29. The van der Waals surface area contributed by atoms with Crippen LogP contribution in [0.15, 0.2) is 85.3 Å². The normalized spacial score (nSPS) is 11.6. The fourth-order valence-electron chi connectivity index (χ4n) is 10.6. The summed E-state index contributed by atoms with van der Waals surface area (Å²) in [5, 5.41) is 9.71. The number of benzene rings is 4. The molecule has 0 radical (unpaired) electrons. The second kappa shape index (κ2) is 19.3. The zero-order chi connectivity index (χ0) is 47.3. The van der Waals surface area contributed by atoms with Crippen LogP contribution in [0.2, 0.25) is 0 Å². The molecule has 0 atom stereocenters. The molecule has 3 aromatic heterocycles. The van der Waals surface area contributed by atoms with E-state index in [1.165, 1.54) is 66.8 Å². The van der Waals surface area contributed by atoms with Crippen molar-refractivity contribution < 1.29 is 29.3 Å². The maximum Gasteiger partial charge on any atom is 3.00 e. The van der Waals surface area contributed by atoms with Crippen LogP contribution in [-0.4, -0.2) is 16.6 Å². The standard InChI is InChI=1S/C56H52N4.C4H8O2.Rh/c1-29-21-33(5)49(34(6)22-29)53-41-13-15-43(57-41)54(50-35(7)23-30(2)24-36(50)8)45-17-19-47(59-45)56(52-39(11)27-32(4)28-40(52)12)48-20-18-46(60-48)55(44-16-14-42(53)58-44)51-37(9)25-31(3)26-38(51)10;1-3-6-4(2)5;/h13-28H,1-12H3;5H,2-3H2,1H3;/q-2;;+3/p-1. The van der Waals surface area contributed by atoms with Crippen LogP contribution >= 0.6 is 0 Å². The molecule has 0 aliphatic carbocycles. The van der Waals surface area contributed by atoms with Crippen molar-refractivity contribution in [2.45, 2.75) is 90.0 Å². The molecule has 0 spiro atoms. The van der Waals surface area contributed by atoms with Gasteiger partial charge in [0.25, 0.3) is 0 Å². The molecule has 0 N–H and O–H groups in total. The molecule has 5 heterocycles. The van der Waals surface area contributed by atoms with E-state index in [9.17, 15) is 5.11 Å². The van der Waals surface area contributed by atoms with E-state index < -0.39 is 5.95 Å². The summed E-state index contributed by atoms with van der Waals surface area (Å²) in [5.41, 5.74) is 30.4. The molecule has 0 saturated heterocycles. The van der Waals surface area contributed by atoms with Gasteiger partial charge in [0, 0.05) is 11.5 Å². The predicted molar refractivity (Wildman–Crippen MR) is 276 cm³/mol. The van der Waals surface area contributed by atoms with Gasteiger partial charge in [0.1, 0.15) is 0 Å².